The Bertz CT molecular complexity index is 1060. The molecule has 1 N–H and O–H groups in total. The summed E-state index contributed by atoms with van der Waals surface area (Å²) in [6.07, 6.45) is 3.48. The van der Waals surface area contributed by atoms with Crippen molar-refractivity contribution in [1.29, 1.82) is 0 Å². The van der Waals surface area contributed by atoms with Crippen molar-refractivity contribution in [2.45, 2.75) is 51.0 Å². The highest BCUT2D eigenvalue weighted by molar-refractivity contribution is 7.17. The second kappa shape index (κ2) is 9.73. The Labute approximate surface area is 202 Å². The fraction of sp³-hybridized carbons (Fsp3) is 0.458. The van der Waals surface area contributed by atoms with Crippen molar-refractivity contribution in [3.05, 3.63) is 50.9 Å². The Morgan fingerprint density at radius 2 is 1.88 bits per heavy atom. The average Bonchev–Trinajstić information content (AvgIpc) is 3.44. The van der Waals surface area contributed by atoms with Gasteiger partial charge in [-0.15, -0.1) is 11.3 Å². The van der Waals surface area contributed by atoms with Gasteiger partial charge in [-0.1, -0.05) is 36.6 Å². The normalized spacial score (nSPS) is 16.8. The van der Waals surface area contributed by atoms with Crippen molar-refractivity contribution in [2.75, 3.05) is 25.6 Å². The molecule has 176 valence electrons. The third-order valence-electron chi connectivity index (χ3n) is 6.49. The number of nitrogens with one attached hydrogen (secondary N) is 1. The first-order valence-electron chi connectivity index (χ1n) is 11.1. The number of hydrogen-bond acceptors (Lipinski definition) is 6. The second-order valence-electron chi connectivity index (χ2n) is 8.32. The topological polar surface area (TPSA) is 84.9 Å². The molecule has 1 fully saturated rings. The molecule has 2 aliphatic rings. The molecule has 0 atom stereocenters. The van der Waals surface area contributed by atoms with Crippen LogP contribution < -0.4 is 5.32 Å². The standard InChI is InChI=1S/C24H27ClN2O5S/c1-3-32-23(30)27-13-10-17-18(14-27)33-20(19(17)21(28)31-2)26-22(29)24(11-4-5-12-24)15-6-8-16(25)9-7-15/h6-9H,3-5,10-14H2,1-2H3,(H,26,29). The summed E-state index contributed by atoms with van der Waals surface area (Å²) in [5.41, 5.74) is 1.48. The quantitative estimate of drug-likeness (QED) is 0.585. The lowest BCUT2D eigenvalue weighted by molar-refractivity contribution is -0.121. The van der Waals surface area contributed by atoms with E-state index in [-0.39, 0.29) is 12.0 Å². The Kier molecular flexibility index (Phi) is 6.95. The number of ether oxygens (including phenoxy) is 2. The summed E-state index contributed by atoms with van der Waals surface area (Å²) in [5.74, 6) is -0.618. The first-order chi connectivity index (χ1) is 15.9. The Hall–Kier alpha value is -2.58. The van der Waals surface area contributed by atoms with Crippen molar-refractivity contribution in [2.24, 2.45) is 0 Å². The molecule has 1 aromatic heterocycles. The van der Waals surface area contributed by atoms with Gasteiger partial charge in [0, 0.05) is 16.4 Å². The summed E-state index contributed by atoms with van der Waals surface area (Å²) in [4.78, 5) is 41.0. The number of benzene rings is 1. The monoisotopic (exact) mass is 490 g/mol. The number of amides is 2. The summed E-state index contributed by atoms with van der Waals surface area (Å²) < 4.78 is 10.2. The highest BCUT2D eigenvalue weighted by atomic mass is 35.5. The maximum Gasteiger partial charge on any atom is 0.410 e. The number of esters is 1. The molecule has 1 aliphatic carbocycles. The summed E-state index contributed by atoms with van der Waals surface area (Å²) in [6.45, 7) is 2.84. The Morgan fingerprint density at radius 1 is 1.18 bits per heavy atom. The maximum absolute atomic E-state index is 13.7. The van der Waals surface area contributed by atoms with Crippen molar-refractivity contribution in [3.8, 4) is 0 Å². The van der Waals surface area contributed by atoms with Crippen LogP contribution in [0.15, 0.2) is 24.3 Å². The van der Waals surface area contributed by atoms with Gasteiger partial charge in [0.15, 0.2) is 0 Å². The van der Waals surface area contributed by atoms with Gasteiger partial charge in [0.25, 0.3) is 0 Å². The molecule has 9 heteroatoms. The lowest BCUT2D eigenvalue weighted by Crippen LogP contribution is -2.38. The van der Waals surface area contributed by atoms with E-state index in [1.165, 1.54) is 18.4 Å². The SMILES string of the molecule is CCOC(=O)N1CCc2c(sc(NC(=O)C3(c4ccc(Cl)cc4)CCCC3)c2C(=O)OC)C1. The molecular weight excluding hydrogens is 464 g/mol. The van der Waals surface area contributed by atoms with Gasteiger partial charge >= 0.3 is 12.1 Å². The number of thiophene rings is 1. The van der Waals surface area contributed by atoms with E-state index in [0.29, 0.717) is 41.7 Å². The number of anilines is 1. The van der Waals surface area contributed by atoms with Crippen LogP contribution in [0, 0.1) is 0 Å². The third-order valence-corrected chi connectivity index (χ3v) is 7.87. The molecule has 2 aromatic rings. The lowest BCUT2D eigenvalue weighted by atomic mass is 9.78. The number of nitrogens with zero attached hydrogens (tertiary/aromatic N) is 1. The molecule has 1 aliphatic heterocycles. The number of hydrogen-bond donors (Lipinski definition) is 1. The average molecular weight is 491 g/mol. The number of fused-ring (bicyclic) bond motifs is 1. The number of halogens is 1. The molecular formula is C24H27ClN2O5S. The van der Waals surface area contributed by atoms with Crippen LogP contribution in [0.5, 0.6) is 0 Å². The largest absolute Gasteiger partial charge is 0.465 e. The smallest absolute Gasteiger partial charge is 0.410 e. The minimum atomic E-state index is -0.667. The third kappa shape index (κ3) is 4.46. The van der Waals surface area contributed by atoms with E-state index in [4.69, 9.17) is 21.1 Å². The van der Waals surface area contributed by atoms with E-state index in [1.54, 1.807) is 24.0 Å². The van der Waals surface area contributed by atoms with Gasteiger partial charge in [0.1, 0.15) is 5.00 Å². The summed E-state index contributed by atoms with van der Waals surface area (Å²) >= 11 is 7.39. The van der Waals surface area contributed by atoms with Crippen molar-refractivity contribution in [3.63, 3.8) is 0 Å². The van der Waals surface area contributed by atoms with Crippen LogP contribution in [-0.4, -0.2) is 43.1 Å². The maximum atomic E-state index is 13.7. The molecule has 2 amide bonds. The van der Waals surface area contributed by atoms with Crippen LogP contribution in [0.3, 0.4) is 0 Å². The molecule has 0 saturated heterocycles. The van der Waals surface area contributed by atoms with Gasteiger partial charge in [-0.3, -0.25) is 4.79 Å². The molecule has 2 heterocycles. The second-order valence-corrected chi connectivity index (χ2v) is 9.86. The van der Waals surface area contributed by atoms with Crippen LogP contribution >= 0.6 is 22.9 Å². The number of carbonyl (C=O) groups excluding carboxylic acids is 3. The number of rotatable bonds is 5. The molecule has 4 rings (SSSR count). The van der Waals surface area contributed by atoms with E-state index >= 15 is 0 Å². The molecule has 0 radical (unpaired) electrons. The Morgan fingerprint density at radius 3 is 2.52 bits per heavy atom. The molecule has 0 spiro atoms. The van der Waals surface area contributed by atoms with Crippen LogP contribution in [0.4, 0.5) is 9.80 Å². The molecule has 0 bridgehead atoms. The van der Waals surface area contributed by atoms with E-state index in [9.17, 15) is 14.4 Å². The van der Waals surface area contributed by atoms with Gasteiger partial charge < -0.3 is 19.7 Å². The molecule has 33 heavy (non-hydrogen) atoms. The van der Waals surface area contributed by atoms with Gasteiger partial charge in [-0.05, 0) is 49.4 Å². The van der Waals surface area contributed by atoms with Gasteiger partial charge in [0.2, 0.25) is 5.91 Å². The summed E-state index contributed by atoms with van der Waals surface area (Å²) in [5, 5.41) is 4.16. The predicted molar refractivity (Wildman–Crippen MR) is 127 cm³/mol. The van der Waals surface area contributed by atoms with Gasteiger partial charge in [0.05, 0.1) is 31.2 Å². The molecule has 7 nitrogen and oxygen atoms in total. The minimum Gasteiger partial charge on any atom is -0.465 e. The van der Waals surface area contributed by atoms with Crippen molar-refractivity contribution in [1.82, 2.24) is 4.90 Å². The molecule has 1 saturated carbocycles. The van der Waals surface area contributed by atoms with Crippen LogP contribution in [0.1, 0.15) is 59.0 Å². The highest BCUT2D eigenvalue weighted by Gasteiger charge is 2.43. The van der Waals surface area contributed by atoms with E-state index in [0.717, 1.165) is 41.7 Å². The van der Waals surface area contributed by atoms with Crippen LogP contribution in [0.25, 0.3) is 0 Å². The van der Waals surface area contributed by atoms with Crippen LogP contribution in [-0.2, 0) is 32.6 Å². The number of carbonyl (C=O) groups is 3. The zero-order valence-corrected chi connectivity index (χ0v) is 20.3. The minimum absolute atomic E-state index is 0.131. The van der Waals surface area contributed by atoms with E-state index in [2.05, 4.69) is 5.32 Å². The van der Waals surface area contributed by atoms with E-state index in [1.807, 2.05) is 12.1 Å². The van der Waals surface area contributed by atoms with E-state index < -0.39 is 11.4 Å². The highest BCUT2D eigenvalue weighted by Crippen LogP contribution is 2.44. The van der Waals surface area contributed by atoms with Crippen molar-refractivity contribution < 1.29 is 23.9 Å². The fourth-order valence-corrected chi connectivity index (χ4v) is 6.17. The first kappa shape index (κ1) is 23.6. The zero-order chi connectivity index (χ0) is 23.6. The number of methoxy groups -OCH3 is 1. The molecule has 1 aromatic carbocycles. The zero-order valence-electron chi connectivity index (χ0n) is 18.7. The van der Waals surface area contributed by atoms with Crippen LogP contribution in [0.2, 0.25) is 5.02 Å². The lowest BCUT2D eigenvalue weighted by Gasteiger charge is -2.28. The predicted octanol–water partition coefficient (Wildman–Crippen LogP) is 5.15. The van der Waals surface area contributed by atoms with Crippen molar-refractivity contribution >= 4 is 45.9 Å². The fourth-order valence-electron chi connectivity index (χ4n) is 4.80. The summed E-state index contributed by atoms with van der Waals surface area (Å²) in [6, 6.07) is 7.42. The first-order valence-corrected chi connectivity index (χ1v) is 12.3. The van der Waals surface area contributed by atoms with Gasteiger partial charge in [-0.2, -0.15) is 0 Å². The Balaban J connectivity index is 1.66. The molecule has 0 unspecified atom stereocenters. The van der Waals surface area contributed by atoms with Gasteiger partial charge in [-0.25, -0.2) is 9.59 Å². The summed E-state index contributed by atoms with van der Waals surface area (Å²) in [7, 11) is 1.33.